The molecule has 0 spiro atoms. The topological polar surface area (TPSA) is 81.3 Å². The number of ether oxygens (including phenoxy) is 1. The smallest absolute Gasteiger partial charge is 0.162 e. The summed E-state index contributed by atoms with van der Waals surface area (Å²) in [5, 5.41) is 10.4. The zero-order chi connectivity index (χ0) is 14.1. The van der Waals surface area contributed by atoms with Gasteiger partial charge in [-0.3, -0.25) is 0 Å². The third-order valence-corrected chi connectivity index (χ3v) is 3.06. The van der Waals surface area contributed by atoms with Crippen LogP contribution in [0.3, 0.4) is 0 Å². The van der Waals surface area contributed by atoms with Crippen LogP contribution in [0.2, 0.25) is 0 Å². The van der Waals surface area contributed by atoms with Gasteiger partial charge in [-0.1, -0.05) is 30.3 Å². The minimum absolute atomic E-state index is 0.0164. The van der Waals surface area contributed by atoms with Crippen LogP contribution in [0, 0.1) is 0 Å². The predicted octanol–water partition coefficient (Wildman–Crippen LogP) is 2.59. The van der Waals surface area contributed by atoms with E-state index in [1.165, 1.54) is 13.2 Å². The molecule has 0 aliphatic carbocycles. The summed E-state index contributed by atoms with van der Waals surface area (Å²) < 4.78 is 5.09. The van der Waals surface area contributed by atoms with Crippen molar-refractivity contribution in [2.75, 3.05) is 12.8 Å². The monoisotopic (exact) mass is 267 g/mol. The number of rotatable bonds is 2. The van der Waals surface area contributed by atoms with Crippen LogP contribution in [0.5, 0.6) is 11.5 Å². The highest BCUT2D eigenvalue weighted by Crippen LogP contribution is 2.33. The first-order valence-corrected chi connectivity index (χ1v) is 6.08. The summed E-state index contributed by atoms with van der Waals surface area (Å²) in [5.41, 5.74) is 7.46. The van der Waals surface area contributed by atoms with Crippen molar-refractivity contribution in [2.45, 2.75) is 0 Å². The van der Waals surface area contributed by atoms with E-state index in [4.69, 9.17) is 10.5 Å². The van der Waals surface area contributed by atoms with Gasteiger partial charge in [0.1, 0.15) is 5.82 Å². The van der Waals surface area contributed by atoms with Crippen molar-refractivity contribution in [3.05, 3.63) is 42.5 Å². The number of hydrogen-bond acceptors (Lipinski definition) is 5. The third kappa shape index (κ3) is 1.99. The molecule has 5 heteroatoms. The second-order valence-corrected chi connectivity index (χ2v) is 4.34. The van der Waals surface area contributed by atoms with Gasteiger partial charge >= 0.3 is 0 Å². The highest BCUT2D eigenvalue weighted by atomic mass is 16.5. The first-order valence-electron chi connectivity index (χ1n) is 6.08. The number of fused-ring (bicyclic) bond motifs is 1. The maximum atomic E-state index is 9.78. The van der Waals surface area contributed by atoms with Gasteiger partial charge in [0.2, 0.25) is 0 Å². The SMILES string of the molecule is COc1cc2nc(-c3ccccc3)nc(N)c2cc1O. The van der Waals surface area contributed by atoms with Gasteiger partial charge in [-0.25, -0.2) is 9.97 Å². The first kappa shape index (κ1) is 12.2. The Balaban J connectivity index is 2.25. The highest BCUT2D eigenvalue weighted by molar-refractivity contribution is 5.92. The van der Waals surface area contributed by atoms with E-state index in [9.17, 15) is 5.11 Å². The summed E-state index contributed by atoms with van der Waals surface area (Å²) in [5.74, 6) is 1.24. The van der Waals surface area contributed by atoms with E-state index in [2.05, 4.69) is 9.97 Å². The molecule has 1 aromatic heterocycles. The lowest BCUT2D eigenvalue weighted by Gasteiger charge is -2.08. The van der Waals surface area contributed by atoms with Gasteiger partial charge in [0.05, 0.1) is 12.6 Å². The number of phenolic OH excluding ortho intramolecular Hbond substituents is 1. The summed E-state index contributed by atoms with van der Waals surface area (Å²) >= 11 is 0. The van der Waals surface area contributed by atoms with Crippen molar-refractivity contribution < 1.29 is 9.84 Å². The molecule has 2 aromatic carbocycles. The summed E-state index contributed by atoms with van der Waals surface area (Å²) in [7, 11) is 1.49. The van der Waals surface area contributed by atoms with Crippen LogP contribution in [-0.2, 0) is 0 Å². The normalized spacial score (nSPS) is 10.7. The van der Waals surface area contributed by atoms with E-state index < -0.39 is 0 Å². The molecule has 1 heterocycles. The summed E-state index contributed by atoms with van der Waals surface area (Å²) in [6, 6.07) is 12.7. The van der Waals surface area contributed by atoms with E-state index >= 15 is 0 Å². The van der Waals surface area contributed by atoms with E-state index in [1.807, 2.05) is 30.3 Å². The zero-order valence-corrected chi connectivity index (χ0v) is 10.9. The van der Waals surface area contributed by atoms with Crippen LogP contribution in [-0.4, -0.2) is 22.2 Å². The molecule has 0 atom stereocenters. The third-order valence-electron chi connectivity index (χ3n) is 3.06. The van der Waals surface area contributed by atoms with Crippen molar-refractivity contribution in [1.29, 1.82) is 0 Å². The average Bonchev–Trinajstić information content (AvgIpc) is 2.48. The zero-order valence-electron chi connectivity index (χ0n) is 10.9. The minimum atomic E-state index is 0.0164. The predicted molar refractivity (Wildman–Crippen MR) is 77.6 cm³/mol. The first-order chi connectivity index (χ1) is 9.69. The number of aromatic hydroxyl groups is 1. The van der Waals surface area contributed by atoms with Crippen LogP contribution < -0.4 is 10.5 Å². The van der Waals surface area contributed by atoms with Gasteiger partial charge in [0, 0.05) is 17.0 Å². The molecule has 3 aromatic rings. The van der Waals surface area contributed by atoms with Crippen LogP contribution in [0.1, 0.15) is 0 Å². The number of phenols is 1. The van der Waals surface area contributed by atoms with Gasteiger partial charge in [0.25, 0.3) is 0 Å². The number of benzene rings is 2. The van der Waals surface area contributed by atoms with Crippen LogP contribution in [0.15, 0.2) is 42.5 Å². The maximum Gasteiger partial charge on any atom is 0.162 e. The fraction of sp³-hybridized carbons (Fsp3) is 0.0667. The Morgan fingerprint density at radius 1 is 1.10 bits per heavy atom. The van der Waals surface area contributed by atoms with Crippen LogP contribution >= 0.6 is 0 Å². The minimum Gasteiger partial charge on any atom is -0.504 e. The Morgan fingerprint density at radius 2 is 1.85 bits per heavy atom. The lowest BCUT2D eigenvalue weighted by molar-refractivity contribution is 0.374. The molecule has 0 amide bonds. The van der Waals surface area contributed by atoms with Gasteiger partial charge in [0.15, 0.2) is 17.3 Å². The maximum absolute atomic E-state index is 9.78. The largest absolute Gasteiger partial charge is 0.504 e. The molecule has 3 N–H and O–H groups in total. The standard InChI is InChI=1S/C15H13N3O2/c1-20-13-8-11-10(7-12(13)19)14(16)18-15(17-11)9-5-3-2-4-6-9/h2-8,19H,1H3,(H2,16,17,18). The molecule has 0 unspecified atom stereocenters. The molecule has 100 valence electrons. The van der Waals surface area contributed by atoms with Crippen molar-refractivity contribution in [3.63, 3.8) is 0 Å². The second-order valence-electron chi connectivity index (χ2n) is 4.34. The molecule has 0 radical (unpaired) electrons. The summed E-state index contributed by atoms with van der Waals surface area (Å²) in [6.45, 7) is 0. The average molecular weight is 267 g/mol. The molecule has 0 saturated heterocycles. The number of anilines is 1. The molecule has 3 rings (SSSR count). The Morgan fingerprint density at radius 3 is 2.55 bits per heavy atom. The number of methoxy groups -OCH3 is 1. The fourth-order valence-electron chi connectivity index (χ4n) is 2.05. The lowest BCUT2D eigenvalue weighted by Crippen LogP contribution is -1.98. The van der Waals surface area contributed by atoms with Crippen LogP contribution in [0.25, 0.3) is 22.3 Å². The number of nitrogens with zero attached hydrogens (tertiary/aromatic N) is 2. The quantitative estimate of drug-likeness (QED) is 0.745. The molecule has 0 bridgehead atoms. The summed E-state index contributed by atoms with van der Waals surface area (Å²) in [6.07, 6.45) is 0. The van der Waals surface area contributed by atoms with Gasteiger partial charge in [-0.2, -0.15) is 0 Å². The van der Waals surface area contributed by atoms with Crippen molar-refractivity contribution >= 4 is 16.7 Å². The van der Waals surface area contributed by atoms with Gasteiger partial charge < -0.3 is 15.6 Å². The molecule has 0 saturated carbocycles. The number of aromatic nitrogens is 2. The van der Waals surface area contributed by atoms with Crippen molar-refractivity contribution in [1.82, 2.24) is 9.97 Å². The number of nitrogen functional groups attached to an aromatic ring is 1. The van der Waals surface area contributed by atoms with Crippen LogP contribution in [0.4, 0.5) is 5.82 Å². The number of nitrogens with two attached hydrogens (primary N) is 1. The van der Waals surface area contributed by atoms with Crippen molar-refractivity contribution in [3.8, 4) is 22.9 Å². The second kappa shape index (κ2) is 4.70. The highest BCUT2D eigenvalue weighted by Gasteiger charge is 2.11. The van der Waals surface area contributed by atoms with E-state index in [1.54, 1.807) is 6.07 Å². The fourth-order valence-corrected chi connectivity index (χ4v) is 2.05. The molecule has 0 aliphatic heterocycles. The lowest BCUT2D eigenvalue weighted by atomic mass is 10.1. The molecule has 20 heavy (non-hydrogen) atoms. The van der Waals surface area contributed by atoms with E-state index in [-0.39, 0.29) is 5.75 Å². The molecular weight excluding hydrogens is 254 g/mol. The number of hydrogen-bond donors (Lipinski definition) is 2. The molecule has 5 nitrogen and oxygen atoms in total. The van der Waals surface area contributed by atoms with E-state index in [0.717, 1.165) is 5.56 Å². The molecule has 0 aliphatic rings. The Bertz CT molecular complexity index is 773. The molecular formula is C15H13N3O2. The Kier molecular flexibility index (Phi) is 2.87. The van der Waals surface area contributed by atoms with Crippen molar-refractivity contribution in [2.24, 2.45) is 0 Å². The van der Waals surface area contributed by atoms with Gasteiger partial charge in [-0.15, -0.1) is 0 Å². The summed E-state index contributed by atoms with van der Waals surface area (Å²) in [4.78, 5) is 8.76. The van der Waals surface area contributed by atoms with E-state index in [0.29, 0.717) is 28.3 Å². The molecule has 0 fully saturated rings. The Labute approximate surface area is 115 Å². The Hall–Kier alpha value is -2.82. The van der Waals surface area contributed by atoms with Gasteiger partial charge in [-0.05, 0) is 6.07 Å².